The summed E-state index contributed by atoms with van der Waals surface area (Å²) in [6.45, 7) is 0.223. The number of nitrogens with one attached hydrogen (secondary N) is 1. The first kappa shape index (κ1) is 15.4. The van der Waals surface area contributed by atoms with Crippen LogP contribution < -0.4 is 5.32 Å². The van der Waals surface area contributed by atoms with Crippen LogP contribution in [-0.2, 0) is 4.79 Å². The zero-order valence-corrected chi connectivity index (χ0v) is 12.4. The van der Waals surface area contributed by atoms with Crippen LogP contribution in [0.1, 0.15) is 16.8 Å². The van der Waals surface area contributed by atoms with Gasteiger partial charge in [0.1, 0.15) is 12.1 Å². The van der Waals surface area contributed by atoms with Gasteiger partial charge in [-0.15, -0.1) is 0 Å². The molecule has 0 aliphatic heterocycles. The molecule has 122 valence electrons. The molecule has 0 aliphatic carbocycles. The summed E-state index contributed by atoms with van der Waals surface area (Å²) < 4.78 is 1.51. The van der Waals surface area contributed by atoms with Crippen molar-refractivity contribution in [2.45, 2.75) is 6.42 Å². The third kappa shape index (κ3) is 3.00. The first-order valence-corrected chi connectivity index (χ1v) is 7.04. The average Bonchev–Trinajstić information content (AvgIpc) is 2.99. The van der Waals surface area contributed by atoms with E-state index in [2.05, 4.69) is 20.4 Å². The molecule has 0 unspecified atom stereocenters. The van der Waals surface area contributed by atoms with Gasteiger partial charge < -0.3 is 15.5 Å². The standard InChI is InChI=1S/C15H13N5O4/c21-12(22)4-5-16-13-11-7-19-20(14(11)18-8-17-13)10-3-1-2-9(6-10)15(23)24/h1-3,6-8H,4-5H2,(H,21,22)(H,23,24)(H,16,17,18). The Morgan fingerprint density at radius 1 is 1.21 bits per heavy atom. The zero-order chi connectivity index (χ0) is 17.1. The van der Waals surface area contributed by atoms with E-state index in [0.29, 0.717) is 22.5 Å². The minimum absolute atomic E-state index is 0.0414. The second kappa shape index (κ2) is 6.32. The number of nitrogens with zero attached hydrogens (tertiary/aromatic N) is 4. The monoisotopic (exact) mass is 327 g/mol. The molecule has 0 radical (unpaired) electrons. The summed E-state index contributed by atoms with van der Waals surface area (Å²) in [5, 5.41) is 25.6. The Hall–Kier alpha value is -3.49. The summed E-state index contributed by atoms with van der Waals surface area (Å²) in [4.78, 5) is 30.0. The molecular formula is C15H13N5O4. The van der Waals surface area contributed by atoms with Gasteiger partial charge in [0.05, 0.1) is 29.3 Å². The highest BCUT2D eigenvalue weighted by molar-refractivity contribution is 5.89. The van der Waals surface area contributed by atoms with Gasteiger partial charge in [0, 0.05) is 6.54 Å². The Morgan fingerprint density at radius 3 is 2.79 bits per heavy atom. The summed E-state index contributed by atoms with van der Waals surface area (Å²) in [7, 11) is 0. The van der Waals surface area contributed by atoms with Crippen LogP contribution in [0.3, 0.4) is 0 Å². The smallest absolute Gasteiger partial charge is 0.335 e. The van der Waals surface area contributed by atoms with Gasteiger partial charge >= 0.3 is 11.9 Å². The van der Waals surface area contributed by atoms with Gasteiger partial charge in [-0.25, -0.2) is 19.4 Å². The fraction of sp³-hybridized carbons (Fsp3) is 0.133. The molecule has 0 atom stereocenters. The van der Waals surface area contributed by atoms with E-state index in [0.717, 1.165) is 0 Å². The van der Waals surface area contributed by atoms with Gasteiger partial charge in [0.2, 0.25) is 0 Å². The molecule has 1 aromatic carbocycles. The molecule has 0 spiro atoms. The third-order valence-corrected chi connectivity index (χ3v) is 3.33. The zero-order valence-electron chi connectivity index (χ0n) is 12.4. The number of hydrogen-bond acceptors (Lipinski definition) is 6. The summed E-state index contributed by atoms with van der Waals surface area (Å²) in [6.07, 6.45) is 2.84. The van der Waals surface area contributed by atoms with E-state index >= 15 is 0 Å². The van der Waals surface area contributed by atoms with Crippen LogP contribution in [-0.4, -0.2) is 48.4 Å². The number of hydrogen-bond donors (Lipinski definition) is 3. The highest BCUT2D eigenvalue weighted by Gasteiger charge is 2.12. The number of aromatic carboxylic acids is 1. The molecular weight excluding hydrogens is 314 g/mol. The van der Waals surface area contributed by atoms with Crippen molar-refractivity contribution < 1.29 is 19.8 Å². The average molecular weight is 327 g/mol. The van der Waals surface area contributed by atoms with E-state index in [4.69, 9.17) is 10.2 Å². The van der Waals surface area contributed by atoms with Crippen molar-refractivity contribution in [2.24, 2.45) is 0 Å². The number of carboxylic acids is 2. The van der Waals surface area contributed by atoms with Crippen molar-refractivity contribution in [1.82, 2.24) is 19.7 Å². The SMILES string of the molecule is O=C(O)CCNc1ncnc2c1cnn2-c1cccc(C(=O)O)c1. The van der Waals surface area contributed by atoms with E-state index in [1.54, 1.807) is 18.3 Å². The summed E-state index contributed by atoms with van der Waals surface area (Å²) in [6, 6.07) is 6.33. The molecule has 2 heterocycles. The van der Waals surface area contributed by atoms with Crippen LogP contribution in [0, 0.1) is 0 Å². The van der Waals surface area contributed by atoms with Crippen molar-refractivity contribution in [3.8, 4) is 5.69 Å². The van der Waals surface area contributed by atoms with Crippen LogP contribution >= 0.6 is 0 Å². The van der Waals surface area contributed by atoms with Crippen LogP contribution in [0.25, 0.3) is 16.7 Å². The molecule has 9 nitrogen and oxygen atoms in total. The lowest BCUT2D eigenvalue weighted by atomic mass is 10.2. The minimum Gasteiger partial charge on any atom is -0.481 e. The van der Waals surface area contributed by atoms with Gasteiger partial charge in [0.25, 0.3) is 0 Å². The van der Waals surface area contributed by atoms with E-state index in [9.17, 15) is 9.59 Å². The van der Waals surface area contributed by atoms with Gasteiger partial charge in [-0.3, -0.25) is 4.79 Å². The molecule has 9 heteroatoms. The fourth-order valence-corrected chi connectivity index (χ4v) is 2.23. The van der Waals surface area contributed by atoms with Crippen LogP contribution in [0.4, 0.5) is 5.82 Å². The Labute approximate surface area is 135 Å². The van der Waals surface area contributed by atoms with Crippen molar-refractivity contribution in [2.75, 3.05) is 11.9 Å². The molecule has 24 heavy (non-hydrogen) atoms. The minimum atomic E-state index is -1.03. The first-order valence-electron chi connectivity index (χ1n) is 7.04. The second-order valence-electron chi connectivity index (χ2n) is 4.94. The number of aliphatic carboxylic acids is 1. The van der Waals surface area contributed by atoms with E-state index in [-0.39, 0.29) is 18.5 Å². The summed E-state index contributed by atoms with van der Waals surface area (Å²) in [5.41, 5.74) is 1.19. The van der Waals surface area contributed by atoms with E-state index in [1.807, 2.05) is 0 Å². The number of carboxylic acid groups (broad SMARTS) is 2. The maximum Gasteiger partial charge on any atom is 0.335 e. The molecule has 0 saturated carbocycles. The first-order chi connectivity index (χ1) is 11.6. The quantitative estimate of drug-likeness (QED) is 0.619. The molecule has 0 bridgehead atoms. The number of benzene rings is 1. The third-order valence-electron chi connectivity index (χ3n) is 3.33. The maximum atomic E-state index is 11.1. The Bertz CT molecular complexity index is 921. The largest absolute Gasteiger partial charge is 0.481 e. The van der Waals surface area contributed by atoms with Crippen molar-refractivity contribution in [3.63, 3.8) is 0 Å². The maximum absolute atomic E-state index is 11.1. The van der Waals surface area contributed by atoms with Gasteiger partial charge in [-0.05, 0) is 18.2 Å². The number of carbonyl (C=O) groups is 2. The number of aromatic nitrogens is 4. The summed E-state index contributed by atoms with van der Waals surface area (Å²) >= 11 is 0. The molecule has 3 aromatic rings. The molecule has 3 N–H and O–H groups in total. The Kier molecular flexibility index (Phi) is 4.06. The lowest BCUT2D eigenvalue weighted by Crippen LogP contribution is -2.09. The van der Waals surface area contributed by atoms with Crippen LogP contribution in [0.5, 0.6) is 0 Å². The molecule has 2 aromatic heterocycles. The van der Waals surface area contributed by atoms with Crippen LogP contribution in [0.2, 0.25) is 0 Å². The predicted octanol–water partition coefficient (Wildman–Crippen LogP) is 1.40. The van der Waals surface area contributed by atoms with Crippen molar-refractivity contribution >= 4 is 28.8 Å². The van der Waals surface area contributed by atoms with Gasteiger partial charge in [-0.1, -0.05) is 6.07 Å². The van der Waals surface area contributed by atoms with Crippen molar-refractivity contribution in [3.05, 3.63) is 42.4 Å². The Balaban J connectivity index is 1.98. The lowest BCUT2D eigenvalue weighted by Gasteiger charge is -2.06. The molecule has 0 amide bonds. The Morgan fingerprint density at radius 2 is 2.04 bits per heavy atom. The van der Waals surface area contributed by atoms with E-state index in [1.165, 1.54) is 23.1 Å². The highest BCUT2D eigenvalue weighted by Crippen LogP contribution is 2.22. The van der Waals surface area contributed by atoms with Crippen LogP contribution in [0.15, 0.2) is 36.8 Å². The fourth-order valence-electron chi connectivity index (χ4n) is 2.23. The molecule has 0 fully saturated rings. The molecule has 0 aliphatic rings. The number of fused-ring (bicyclic) bond motifs is 1. The lowest BCUT2D eigenvalue weighted by molar-refractivity contribution is -0.136. The van der Waals surface area contributed by atoms with Gasteiger partial charge in [-0.2, -0.15) is 5.10 Å². The topological polar surface area (TPSA) is 130 Å². The highest BCUT2D eigenvalue weighted by atomic mass is 16.4. The normalized spacial score (nSPS) is 10.7. The summed E-state index contributed by atoms with van der Waals surface area (Å²) in [5.74, 6) is -1.46. The van der Waals surface area contributed by atoms with E-state index < -0.39 is 11.9 Å². The second-order valence-corrected chi connectivity index (χ2v) is 4.94. The number of rotatable bonds is 6. The predicted molar refractivity (Wildman–Crippen MR) is 84.4 cm³/mol. The molecule has 0 saturated heterocycles. The van der Waals surface area contributed by atoms with Crippen molar-refractivity contribution in [1.29, 1.82) is 0 Å². The molecule has 3 rings (SSSR count). The van der Waals surface area contributed by atoms with Gasteiger partial charge in [0.15, 0.2) is 5.65 Å². The number of anilines is 1.